The molecule has 0 unspecified atom stereocenters. The van der Waals surface area contributed by atoms with Gasteiger partial charge >= 0.3 is 0 Å². The Bertz CT molecular complexity index is 551. The first-order valence-corrected chi connectivity index (χ1v) is 7.47. The quantitative estimate of drug-likeness (QED) is 0.842. The number of hydrogen-bond acceptors (Lipinski definition) is 2. The molecule has 2 atom stereocenters. The van der Waals surface area contributed by atoms with Crippen LogP contribution in [0.1, 0.15) is 26.3 Å². The van der Waals surface area contributed by atoms with Crippen molar-refractivity contribution in [2.45, 2.75) is 27.3 Å². The Morgan fingerprint density at radius 3 is 2.67 bits per heavy atom. The molecule has 0 aromatic heterocycles. The van der Waals surface area contributed by atoms with Crippen molar-refractivity contribution in [3.8, 4) is 0 Å². The number of carbonyl (C=O) groups is 2. The normalized spacial score (nSPS) is 22.0. The third kappa shape index (κ3) is 3.56. The average molecular weight is 309 g/mol. The molecule has 114 valence electrons. The molecule has 0 bridgehead atoms. The van der Waals surface area contributed by atoms with E-state index < -0.39 is 5.92 Å². The molecule has 1 aliphatic heterocycles. The van der Waals surface area contributed by atoms with Gasteiger partial charge in [-0.3, -0.25) is 9.59 Å². The molecule has 5 heteroatoms. The highest BCUT2D eigenvalue weighted by molar-refractivity contribution is 6.31. The van der Waals surface area contributed by atoms with Gasteiger partial charge in [0, 0.05) is 24.0 Å². The van der Waals surface area contributed by atoms with E-state index >= 15 is 0 Å². The van der Waals surface area contributed by atoms with E-state index in [4.69, 9.17) is 11.6 Å². The lowest BCUT2D eigenvalue weighted by atomic mass is 9.74. The lowest BCUT2D eigenvalue weighted by molar-refractivity contribution is -0.135. The zero-order valence-electron chi connectivity index (χ0n) is 12.6. The second-order valence-corrected chi connectivity index (χ2v) is 6.91. The minimum atomic E-state index is -0.632. The zero-order valence-corrected chi connectivity index (χ0v) is 13.3. The Kier molecular flexibility index (Phi) is 4.57. The topological polar surface area (TPSA) is 58.2 Å². The molecule has 1 heterocycles. The zero-order chi connectivity index (χ0) is 15.6. The summed E-state index contributed by atoms with van der Waals surface area (Å²) < 4.78 is 0. The predicted octanol–water partition coefficient (Wildman–Crippen LogP) is 2.36. The van der Waals surface area contributed by atoms with Crippen molar-refractivity contribution in [3.63, 3.8) is 0 Å². The number of nitrogens with one attached hydrogen (secondary N) is 2. The summed E-state index contributed by atoms with van der Waals surface area (Å²) in [4.78, 5) is 24.3. The van der Waals surface area contributed by atoms with Crippen LogP contribution in [0.25, 0.3) is 0 Å². The molecule has 1 saturated heterocycles. The summed E-state index contributed by atoms with van der Waals surface area (Å²) in [7, 11) is 0. The lowest BCUT2D eigenvalue weighted by Crippen LogP contribution is -2.40. The highest BCUT2D eigenvalue weighted by Gasteiger charge is 2.45. The maximum Gasteiger partial charge on any atom is 0.233 e. The summed E-state index contributed by atoms with van der Waals surface area (Å²) in [5, 5.41) is 6.23. The van der Waals surface area contributed by atoms with Gasteiger partial charge in [-0.15, -0.1) is 0 Å². The third-order valence-corrected chi connectivity index (χ3v) is 4.36. The van der Waals surface area contributed by atoms with Gasteiger partial charge in [-0.05, 0) is 17.0 Å². The molecule has 2 amide bonds. The van der Waals surface area contributed by atoms with E-state index in [0.29, 0.717) is 18.1 Å². The number of halogens is 1. The standard InChI is InChI=1S/C16H21ClN2O2/c1-16(2,3)11-9-19-15(21)13(11)14(20)18-8-10-6-4-5-7-12(10)17/h4-7,11,13H,8-9H2,1-3H3,(H,18,20)(H,19,21)/t11-,13+/m0/s1. The number of amides is 2. The number of carbonyl (C=O) groups excluding carboxylic acids is 2. The van der Waals surface area contributed by atoms with Crippen molar-refractivity contribution in [1.82, 2.24) is 10.6 Å². The highest BCUT2D eigenvalue weighted by atomic mass is 35.5. The van der Waals surface area contributed by atoms with Crippen LogP contribution in [0.3, 0.4) is 0 Å². The Balaban J connectivity index is 2.05. The van der Waals surface area contributed by atoms with Crippen LogP contribution in [0.15, 0.2) is 24.3 Å². The smallest absolute Gasteiger partial charge is 0.233 e. The Hall–Kier alpha value is -1.55. The largest absolute Gasteiger partial charge is 0.355 e. The van der Waals surface area contributed by atoms with Crippen LogP contribution >= 0.6 is 11.6 Å². The average Bonchev–Trinajstić information content (AvgIpc) is 2.79. The maximum atomic E-state index is 12.4. The minimum absolute atomic E-state index is 0.00348. The Morgan fingerprint density at radius 2 is 2.05 bits per heavy atom. The molecule has 1 aromatic carbocycles. The van der Waals surface area contributed by atoms with E-state index in [1.165, 1.54) is 0 Å². The predicted molar refractivity (Wildman–Crippen MR) is 82.7 cm³/mol. The molecule has 0 aliphatic carbocycles. The van der Waals surface area contributed by atoms with Crippen LogP contribution < -0.4 is 10.6 Å². The van der Waals surface area contributed by atoms with Crippen molar-refractivity contribution < 1.29 is 9.59 Å². The molecular formula is C16H21ClN2O2. The SMILES string of the molecule is CC(C)(C)[C@H]1CNC(=O)[C@H]1C(=O)NCc1ccccc1Cl. The number of rotatable bonds is 3. The summed E-state index contributed by atoms with van der Waals surface area (Å²) in [6.07, 6.45) is 0. The minimum Gasteiger partial charge on any atom is -0.355 e. The van der Waals surface area contributed by atoms with E-state index in [-0.39, 0.29) is 23.1 Å². The Labute approximate surface area is 130 Å². The molecule has 1 aliphatic rings. The summed E-state index contributed by atoms with van der Waals surface area (Å²) >= 11 is 6.07. The first-order valence-electron chi connectivity index (χ1n) is 7.09. The highest BCUT2D eigenvalue weighted by Crippen LogP contribution is 2.35. The molecule has 0 radical (unpaired) electrons. The Morgan fingerprint density at radius 1 is 1.38 bits per heavy atom. The van der Waals surface area contributed by atoms with Gasteiger partial charge in [-0.25, -0.2) is 0 Å². The molecule has 21 heavy (non-hydrogen) atoms. The number of benzene rings is 1. The van der Waals surface area contributed by atoms with Gasteiger partial charge in [0.2, 0.25) is 11.8 Å². The molecule has 2 rings (SSSR count). The molecular weight excluding hydrogens is 288 g/mol. The van der Waals surface area contributed by atoms with E-state index in [1.807, 2.05) is 39.0 Å². The van der Waals surface area contributed by atoms with Crippen molar-refractivity contribution in [2.75, 3.05) is 6.54 Å². The fourth-order valence-electron chi connectivity index (χ4n) is 2.66. The molecule has 4 nitrogen and oxygen atoms in total. The van der Waals surface area contributed by atoms with Gasteiger partial charge in [0.15, 0.2) is 0 Å². The van der Waals surface area contributed by atoms with E-state index in [1.54, 1.807) is 6.07 Å². The van der Waals surface area contributed by atoms with Crippen LogP contribution in [0.2, 0.25) is 5.02 Å². The lowest BCUT2D eigenvalue weighted by Gasteiger charge is -2.29. The summed E-state index contributed by atoms with van der Waals surface area (Å²) in [6, 6.07) is 7.35. The van der Waals surface area contributed by atoms with Crippen LogP contribution in [0.5, 0.6) is 0 Å². The van der Waals surface area contributed by atoms with E-state index in [0.717, 1.165) is 5.56 Å². The first kappa shape index (κ1) is 15.8. The third-order valence-electron chi connectivity index (χ3n) is 3.99. The molecule has 1 aromatic rings. The van der Waals surface area contributed by atoms with Crippen LogP contribution in [0.4, 0.5) is 0 Å². The van der Waals surface area contributed by atoms with Gasteiger partial charge in [0.05, 0.1) is 0 Å². The molecule has 0 saturated carbocycles. The van der Waals surface area contributed by atoms with Crippen molar-refractivity contribution >= 4 is 23.4 Å². The van der Waals surface area contributed by atoms with Crippen LogP contribution in [0, 0.1) is 17.3 Å². The van der Waals surface area contributed by atoms with E-state index in [2.05, 4.69) is 10.6 Å². The molecule has 0 spiro atoms. The first-order chi connectivity index (χ1) is 9.80. The summed E-state index contributed by atoms with van der Waals surface area (Å²) in [6.45, 7) is 7.02. The van der Waals surface area contributed by atoms with E-state index in [9.17, 15) is 9.59 Å². The van der Waals surface area contributed by atoms with Gasteiger partial charge < -0.3 is 10.6 Å². The van der Waals surface area contributed by atoms with Crippen molar-refractivity contribution in [3.05, 3.63) is 34.9 Å². The second-order valence-electron chi connectivity index (χ2n) is 6.50. The van der Waals surface area contributed by atoms with Gasteiger partial charge in [-0.1, -0.05) is 50.6 Å². The van der Waals surface area contributed by atoms with Crippen LogP contribution in [-0.4, -0.2) is 18.4 Å². The van der Waals surface area contributed by atoms with Crippen LogP contribution in [-0.2, 0) is 16.1 Å². The van der Waals surface area contributed by atoms with Gasteiger partial charge in [0.25, 0.3) is 0 Å². The number of hydrogen-bond donors (Lipinski definition) is 2. The van der Waals surface area contributed by atoms with Gasteiger partial charge in [-0.2, -0.15) is 0 Å². The second kappa shape index (κ2) is 6.06. The fraction of sp³-hybridized carbons (Fsp3) is 0.500. The monoisotopic (exact) mass is 308 g/mol. The summed E-state index contributed by atoms with van der Waals surface area (Å²) in [5.74, 6) is -1.06. The van der Waals surface area contributed by atoms with Crippen molar-refractivity contribution in [1.29, 1.82) is 0 Å². The van der Waals surface area contributed by atoms with Gasteiger partial charge in [0.1, 0.15) is 5.92 Å². The summed E-state index contributed by atoms with van der Waals surface area (Å²) in [5.41, 5.74) is 0.740. The maximum absolute atomic E-state index is 12.4. The van der Waals surface area contributed by atoms with Crippen molar-refractivity contribution in [2.24, 2.45) is 17.3 Å². The fourth-order valence-corrected chi connectivity index (χ4v) is 2.87. The molecule has 1 fully saturated rings. The molecule has 2 N–H and O–H groups in total.